The van der Waals surface area contributed by atoms with Gasteiger partial charge in [0.1, 0.15) is 0 Å². The van der Waals surface area contributed by atoms with E-state index >= 15 is 0 Å². The summed E-state index contributed by atoms with van der Waals surface area (Å²) in [5.74, 6) is 0. The molecule has 64 valence electrons. The summed E-state index contributed by atoms with van der Waals surface area (Å²) in [5.41, 5.74) is 15.0. The molecule has 0 aromatic heterocycles. The largest absolute Gasteiger partial charge is 2.00 e. The van der Waals surface area contributed by atoms with Crippen LogP contribution in [0.2, 0.25) is 0 Å². The number of allylic oxidation sites excluding steroid dienone is 4. The molecule has 2 aliphatic carbocycles. The Balaban J connectivity index is -0.000000138. The predicted octanol–water partition coefficient (Wildman–Crippen LogP) is 1.18. The zero-order valence-corrected chi connectivity index (χ0v) is 8.88. The third-order valence-electron chi connectivity index (χ3n) is 0.625. The Kier molecular flexibility index (Phi) is 28.9. The van der Waals surface area contributed by atoms with Crippen molar-refractivity contribution < 1.29 is 31.0 Å². The van der Waals surface area contributed by atoms with Gasteiger partial charge in [-0.15, -0.1) is 24.3 Å². The first-order chi connectivity index (χ1) is 7.00. The van der Waals surface area contributed by atoms with E-state index in [1.54, 1.807) is 0 Å². The Bertz CT molecular complexity index is 378. The van der Waals surface area contributed by atoms with E-state index in [1.807, 2.05) is 0 Å². The average molecular weight is 224 g/mol. The summed E-state index contributed by atoms with van der Waals surface area (Å²) >= 11 is 0. The SMILES string of the molecule is [C-]#[O+].[C-]#[O+].[C]1=C=C=C=[C-]1.[C]1=C=C=C=[C-]1.[Ti+2]. The summed E-state index contributed by atoms with van der Waals surface area (Å²) in [7, 11) is 0. The number of rotatable bonds is 0. The van der Waals surface area contributed by atoms with Crippen molar-refractivity contribution in [2.24, 2.45) is 0 Å². The Morgan fingerprint density at radius 2 is 1.00 bits per heavy atom. The Labute approximate surface area is 103 Å². The molecule has 2 radical (unpaired) electrons. The van der Waals surface area contributed by atoms with Gasteiger partial charge in [0.2, 0.25) is 0 Å². The Morgan fingerprint density at radius 3 is 1.07 bits per heavy atom. The molecule has 2 aliphatic rings. The molecule has 3 heteroatoms. The molecule has 0 heterocycles. The van der Waals surface area contributed by atoms with Crippen LogP contribution in [-0.2, 0) is 31.0 Å². The molecule has 0 spiro atoms. The fourth-order valence-corrected chi connectivity index (χ4v) is 0.312. The van der Waals surface area contributed by atoms with Gasteiger partial charge >= 0.3 is 44.3 Å². The summed E-state index contributed by atoms with van der Waals surface area (Å²) in [6.07, 6.45) is 10.0. The van der Waals surface area contributed by atoms with Crippen molar-refractivity contribution in [3.63, 3.8) is 0 Å². The van der Waals surface area contributed by atoms with Gasteiger partial charge in [-0.2, -0.15) is 0 Å². The van der Waals surface area contributed by atoms with E-state index < -0.39 is 0 Å². The molecule has 15 heavy (non-hydrogen) atoms. The minimum atomic E-state index is 0. The normalized spacial score (nSPS) is 7.73. The maximum absolute atomic E-state index is 7.50. The van der Waals surface area contributed by atoms with E-state index in [0.29, 0.717) is 0 Å². The number of hydrogen-bond donors (Lipinski definition) is 0. The second kappa shape index (κ2) is 22.8. The maximum atomic E-state index is 7.50. The molecule has 0 N–H and O–H groups in total. The molecule has 0 fully saturated rings. The standard InChI is InChI=1S/2C5.2CO.Ti/c2*1-2-4-5-3-1;2*1-2;/q2*-1;;;+2. The molecule has 2 nitrogen and oxygen atoms in total. The number of hydrogen-bond acceptors (Lipinski definition) is 0. The van der Waals surface area contributed by atoms with Gasteiger partial charge in [-0.1, -0.05) is 0 Å². The maximum Gasteiger partial charge on any atom is 2.00 e. The first-order valence-corrected chi connectivity index (χ1v) is 2.91. The summed E-state index contributed by atoms with van der Waals surface area (Å²) in [4.78, 5) is 0. The van der Waals surface area contributed by atoms with Crippen LogP contribution in [0.3, 0.4) is 0 Å². The van der Waals surface area contributed by atoms with Crippen LogP contribution < -0.4 is 0 Å². The van der Waals surface area contributed by atoms with Crippen LogP contribution in [0.15, 0.2) is 34.4 Å². The van der Waals surface area contributed by atoms with Gasteiger partial charge in [0.05, 0.1) is 0 Å². The first-order valence-electron chi connectivity index (χ1n) is 2.91. The molecule has 0 aromatic rings. The fraction of sp³-hybridized carbons (Fsp3) is 0. The molecular weight excluding hydrogens is 224 g/mol. The van der Waals surface area contributed by atoms with Crippen LogP contribution >= 0.6 is 0 Å². The van der Waals surface area contributed by atoms with E-state index in [1.165, 1.54) is 0 Å². The van der Waals surface area contributed by atoms with Gasteiger partial charge in [0.15, 0.2) is 0 Å². The van der Waals surface area contributed by atoms with Crippen LogP contribution in [0.4, 0.5) is 0 Å². The molecule has 0 saturated heterocycles. The third kappa shape index (κ3) is 19.0. The molecule has 0 aliphatic heterocycles. The second-order valence-corrected chi connectivity index (χ2v) is 1.25. The molecule has 0 unspecified atom stereocenters. The van der Waals surface area contributed by atoms with Gasteiger partial charge in [-0.3, -0.25) is 22.9 Å². The van der Waals surface area contributed by atoms with Crippen molar-refractivity contribution in [2.45, 2.75) is 0 Å². The molecule has 0 bridgehead atoms. The minimum Gasteiger partial charge on any atom is -0.288 e. The summed E-state index contributed by atoms with van der Waals surface area (Å²) in [5, 5.41) is 0. The van der Waals surface area contributed by atoms with Crippen molar-refractivity contribution in [1.29, 1.82) is 0 Å². The monoisotopic (exact) mass is 224 g/mol. The summed E-state index contributed by atoms with van der Waals surface area (Å²) in [6, 6.07) is 0. The van der Waals surface area contributed by atoms with Gasteiger partial charge in [0, 0.05) is 0 Å². The second-order valence-electron chi connectivity index (χ2n) is 1.25. The van der Waals surface area contributed by atoms with E-state index in [2.05, 4.69) is 72.0 Å². The Hall–Kier alpha value is -1.65. The van der Waals surface area contributed by atoms with Crippen molar-refractivity contribution in [3.8, 4) is 0 Å². The third-order valence-corrected chi connectivity index (χ3v) is 0.625. The van der Waals surface area contributed by atoms with Crippen molar-refractivity contribution in [2.75, 3.05) is 0 Å². The van der Waals surface area contributed by atoms with E-state index in [9.17, 15) is 0 Å². The zero-order chi connectivity index (χ0) is 11.1. The molecule has 0 saturated carbocycles. The van der Waals surface area contributed by atoms with Gasteiger partial charge in [0.25, 0.3) is 0 Å². The van der Waals surface area contributed by atoms with Gasteiger partial charge in [-0.05, 0) is 0 Å². The van der Waals surface area contributed by atoms with Gasteiger partial charge in [-0.25, -0.2) is 11.5 Å². The topological polar surface area (TPSA) is 39.8 Å². The predicted molar refractivity (Wildman–Crippen MR) is 41.9 cm³/mol. The smallest absolute Gasteiger partial charge is 0.288 e. The van der Waals surface area contributed by atoms with Crippen molar-refractivity contribution in [3.05, 3.63) is 72.0 Å². The summed E-state index contributed by atoms with van der Waals surface area (Å²) < 4.78 is 15.0. The van der Waals surface area contributed by atoms with Gasteiger partial charge < -0.3 is 0 Å². The van der Waals surface area contributed by atoms with E-state index in [0.717, 1.165) is 0 Å². The zero-order valence-electron chi connectivity index (χ0n) is 7.32. The first kappa shape index (κ1) is 19.0. The van der Waals surface area contributed by atoms with Crippen LogP contribution in [-0.4, -0.2) is 0 Å². The van der Waals surface area contributed by atoms with Crippen LogP contribution in [0.1, 0.15) is 0 Å². The minimum absolute atomic E-state index is 0. The Morgan fingerprint density at radius 1 is 0.667 bits per heavy atom. The molecule has 0 amide bonds. The van der Waals surface area contributed by atoms with Crippen LogP contribution in [0.25, 0.3) is 0 Å². The van der Waals surface area contributed by atoms with E-state index in [4.69, 9.17) is 9.30 Å². The molecule has 0 aromatic carbocycles. The van der Waals surface area contributed by atoms with Crippen LogP contribution in [0.5, 0.6) is 0 Å². The quantitative estimate of drug-likeness (QED) is 0.256. The average Bonchev–Trinajstić information content (AvgIpc) is 3.01. The fourth-order valence-electron chi connectivity index (χ4n) is 0.312. The van der Waals surface area contributed by atoms with Crippen molar-refractivity contribution >= 4 is 0 Å². The summed E-state index contributed by atoms with van der Waals surface area (Å²) in [6.45, 7) is 9.00. The molecule has 2 rings (SSSR count). The molecular formula is C12O2Ti. The van der Waals surface area contributed by atoms with E-state index in [-0.39, 0.29) is 21.7 Å². The van der Waals surface area contributed by atoms with Crippen LogP contribution in [0, 0.1) is 37.6 Å². The molecule has 0 atom stereocenters. The van der Waals surface area contributed by atoms with Crippen molar-refractivity contribution in [1.82, 2.24) is 0 Å².